The highest BCUT2D eigenvalue weighted by atomic mass is 19.2. The molecule has 1 aliphatic rings. The number of carbonyl (C=O) groups excluding carboxylic acids is 1. The normalized spacial score (nSPS) is 21.9. The molecule has 3 nitrogen and oxygen atoms in total. The fourth-order valence-corrected chi connectivity index (χ4v) is 1.85. The van der Waals surface area contributed by atoms with Crippen molar-refractivity contribution in [1.82, 2.24) is 0 Å². The summed E-state index contributed by atoms with van der Waals surface area (Å²) in [6, 6.07) is 0. The number of rotatable bonds is 1. The second-order valence-corrected chi connectivity index (χ2v) is 3.80. The van der Waals surface area contributed by atoms with Crippen LogP contribution in [0, 0.1) is 23.3 Å². The summed E-state index contributed by atoms with van der Waals surface area (Å²) in [5.74, 6) is -7.83. The third kappa shape index (κ3) is 1.74. The average molecular weight is 264 g/mol. The molecule has 0 radical (unpaired) electrons. The molecular weight excluding hydrogens is 256 g/mol. The van der Waals surface area contributed by atoms with Gasteiger partial charge in [0.1, 0.15) is 0 Å². The summed E-state index contributed by atoms with van der Waals surface area (Å²) in [4.78, 5) is 10.8. The van der Waals surface area contributed by atoms with Crippen LogP contribution in [0.2, 0.25) is 0 Å². The van der Waals surface area contributed by atoms with Crippen LogP contribution >= 0.6 is 0 Å². The Morgan fingerprint density at radius 2 is 1.56 bits per heavy atom. The molecule has 2 rings (SSSR count). The maximum Gasteiger partial charge on any atom is 0.305 e. The van der Waals surface area contributed by atoms with E-state index >= 15 is 0 Å². The minimum absolute atomic E-state index is 0.474. The first-order valence-corrected chi connectivity index (χ1v) is 5.03. The van der Waals surface area contributed by atoms with Crippen LogP contribution in [0.1, 0.15) is 37.4 Å². The van der Waals surface area contributed by atoms with Crippen LogP contribution in [0.25, 0.3) is 0 Å². The lowest BCUT2D eigenvalue weighted by atomic mass is 10.0. The van der Waals surface area contributed by atoms with Crippen molar-refractivity contribution >= 4 is 5.97 Å². The first-order chi connectivity index (χ1) is 8.34. The van der Waals surface area contributed by atoms with Gasteiger partial charge in [0, 0.05) is 12.5 Å². The zero-order valence-corrected chi connectivity index (χ0v) is 9.39. The smallest absolute Gasteiger partial charge is 0.305 e. The van der Waals surface area contributed by atoms with Crippen molar-refractivity contribution in [3.8, 4) is 0 Å². The van der Waals surface area contributed by atoms with Gasteiger partial charge < -0.3 is 9.47 Å². The van der Waals surface area contributed by atoms with Crippen LogP contribution in [0.4, 0.5) is 17.6 Å². The van der Waals surface area contributed by atoms with E-state index in [1.165, 1.54) is 6.92 Å². The molecular formula is C11H8F4O3. The Hall–Kier alpha value is -1.63. The first kappa shape index (κ1) is 12.8. The lowest BCUT2D eigenvalue weighted by Crippen LogP contribution is -2.11. The molecule has 0 bridgehead atoms. The van der Waals surface area contributed by atoms with Gasteiger partial charge in [-0.05, 0) is 6.92 Å². The standard InChI is InChI=1S/C11H8F4O3/c1-3-5-6(11(17-3)18-4(2)16)8(13)10(15)9(14)7(5)12/h3,11H,1-2H3. The van der Waals surface area contributed by atoms with Crippen molar-refractivity contribution in [2.45, 2.75) is 26.2 Å². The van der Waals surface area contributed by atoms with E-state index in [-0.39, 0.29) is 0 Å². The molecule has 0 saturated heterocycles. The van der Waals surface area contributed by atoms with Gasteiger partial charge in [0.25, 0.3) is 0 Å². The van der Waals surface area contributed by atoms with Crippen molar-refractivity contribution in [2.75, 3.05) is 0 Å². The molecule has 2 atom stereocenters. The molecule has 0 saturated carbocycles. The largest absolute Gasteiger partial charge is 0.431 e. The number of hydrogen-bond acceptors (Lipinski definition) is 3. The van der Waals surface area contributed by atoms with Crippen LogP contribution in [0.5, 0.6) is 0 Å². The summed E-state index contributed by atoms with van der Waals surface area (Å²) >= 11 is 0. The van der Waals surface area contributed by atoms with E-state index in [1.807, 2.05) is 0 Å². The second-order valence-electron chi connectivity index (χ2n) is 3.80. The molecule has 0 amide bonds. The predicted octanol–water partition coefficient (Wildman–Crippen LogP) is 2.90. The minimum atomic E-state index is -1.96. The third-order valence-electron chi connectivity index (χ3n) is 2.58. The van der Waals surface area contributed by atoms with Crippen molar-refractivity contribution in [3.05, 3.63) is 34.4 Å². The van der Waals surface area contributed by atoms with Crippen LogP contribution in [-0.4, -0.2) is 5.97 Å². The Balaban J connectivity index is 2.63. The fourth-order valence-electron chi connectivity index (χ4n) is 1.85. The summed E-state index contributed by atoms with van der Waals surface area (Å²) in [6.07, 6.45) is -2.62. The topological polar surface area (TPSA) is 35.5 Å². The Labute approximate surface area is 99.3 Å². The van der Waals surface area contributed by atoms with Crippen LogP contribution in [0.15, 0.2) is 0 Å². The zero-order valence-electron chi connectivity index (χ0n) is 9.39. The maximum atomic E-state index is 13.6. The quantitative estimate of drug-likeness (QED) is 0.338. The van der Waals surface area contributed by atoms with Crippen LogP contribution in [0.3, 0.4) is 0 Å². The monoisotopic (exact) mass is 264 g/mol. The number of halogens is 4. The van der Waals surface area contributed by atoms with Gasteiger partial charge in [-0.15, -0.1) is 0 Å². The lowest BCUT2D eigenvalue weighted by molar-refractivity contribution is -0.181. The number of fused-ring (bicyclic) bond motifs is 1. The molecule has 1 heterocycles. The molecule has 0 aromatic heterocycles. The van der Waals surface area contributed by atoms with Gasteiger partial charge in [-0.3, -0.25) is 4.79 Å². The molecule has 7 heteroatoms. The van der Waals surface area contributed by atoms with Crippen molar-refractivity contribution in [3.63, 3.8) is 0 Å². The van der Waals surface area contributed by atoms with Gasteiger partial charge in [0.05, 0.1) is 11.7 Å². The van der Waals surface area contributed by atoms with E-state index in [0.717, 1.165) is 6.92 Å². The molecule has 0 N–H and O–H groups in total. The fraction of sp³-hybridized carbons (Fsp3) is 0.364. The summed E-state index contributed by atoms with van der Waals surface area (Å²) in [5.41, 5.74) is -1.09. The Bertz CT molecular complexity index is 530. The highest BCUT2D eigenvalue weighted by Crippen LogP contribution is 2.43. The summed E-state index contributed by atoms with van der Waals surface area (Å²) < 4.78 is 62.8. The lowest BCUT2D eigenvalue weighted by Gasteiger charge is -2.12. The average Bonchev–Trinajstić information content (AvgIpc) is 2.59. The van der Waals surface area contributed by atoms with Gasteiger partial charge in [-0.1, -0.05) is 0 Å². The molecule has 0 spiro atoms. The highest BCUT2D eigenvalue weighted by molar-refractivity contribution is 5.66. The van der Waals surface area contributed by atoms with E-state index in [2.05, 4.69) is 4.74 Å². The molecule has 2 unspecified atom stereocenters. The zero-order chi connectivity index (χ0) is 13.6. The number of carbonyl (C=O) groups is 1. The molecule has 0 fully saturated rings. The Kier molecular flexibility index (Phi) is 3.02. The predicted molar refractivity (Wildman–Crippen MR) is 50.3 cm³/mol. The van der Waals surface area contributed by atoms with Gasteiger partial charge >= 0.3 is 5.97 Å². The third-order valence-corrected chi connectivity index (χ3v) is 2.58. The Morgan fingerprint density at radius 3 is 2.06 bits per heavy atom. The van der Waals surface area contributed by atoms with Crippen molar-refractivity contribution in [2.24, 2.45) is 0 Å². The number of ether oxygens (including phenoxy) is 2. The summed E-state index contributed by atoms with van der Waals surface area (Å²) in [6.45, 7) is 2.34. The molecule has 0 aliphatic carbocycles. The van der Waals surface area contributed by atoms with E-state index in [4.69, 9.17) is 4.74 Å². The highest BCUT2D eigenvalue weighted by Gasteiger charge is 2.40. The van der Waals surface area contributed by atoms with Crippen molar-refractivity contribution < 1.29 is 31.8 Å². The molecule has 1 aliphatic heterocycles. The van der Waals surface area contributed by atoms with E-state index in [0.29, 0.717) is 0 Å². The van der Waals surface area contributed by atoms with Gasteiger partial charge in [0.2, 0.25) is 6.29 Å². The van der Waals surface area contributed by atoms with Gasteiger partial charge in [-0.2, -0.15) is 0 Å². The molecule has 98 valence electrons. The minimum Gasteiger partial charge on any atom is -0.431 e. The number of benzene rings is 1. The Morgan fingerprint density at radius 1 is 1.06 bits per heavy atom. The maximum absolute atomic E-state index is 13.6. The number of esters is 1. The molecule has 1 aromatic carbocycles. The van der Waals surface area contributed by atoms with Crippen LogP contribution in [-0.2, 0) is 14.3 Å². The van der Waals surface area contributed by atoms with Crippen LogP contribution < -0.4 is 0 Å². The number of hydrogen-bond donors (Lipinski definition) is 0. The van der Waals surface area contributed by atoms with E-state index in [9.17, 15) is 22.4 Å². The van der Waals surface area contributed by atoms with Crippen molar-refractivity contribution in [1.29, 1.82) is 0 Å². The summed E-state index contributed by atoms with van der Waals surface area (Å²) in [5, 5.41) is 0. The van der Waals surface area contributed by atoms with Gasteiger partial charge in [0.15, 0.2) is 23.3 Å². The van der Waals surface area contributed by atoms with Gasteiger partial charge in [-0.25, -0.2) is 17.6 Å². The molecule has 18 heavy (non-hydrogen) atoms. The SMILES string of the molecule is CC(=O)OC1OC(C)c2c(F)c(F)c(F)c(F)c21. The van der Waals surface area contributed by atoms with E-state index in [1.54, 1.807) is 0 Å². The first-order valence-electron chi connectivity index (χ1n) is 5.03. The summed E-state index contributed by atoms with van der Waals surface area (Å²) in [7, 11) is 0. The second kappa shape index (κ2) is 4.24. The molecule has 1 aromatic rings. The van der Waals surface area contributed by atoms with E-state index < -0.39 is 52.8 Å².